The minimum atomic E-state index is -0.740. The van der Waals surface area contributed by atoms with E-state index in [9.17, 15) is 15.0 Å². The van der Waals surface area contributed by atoms with Gasteiger partial charge in [0.1, 0.15) is 18.5 Å². The number of hydrogen-bond donors (Lipinski definition) is 6. The van der Waals surface area contributed by atoms with Crippen molar-refractivity contribution in [3.63, 3.8) is 0 Å². The molecule has 2 aromatic rings. The van der Waals surface area contributed by atoms with E-state index in [1.807, 2.05) is 24.3 Å². The van der Waals surface area contributed by atoms with Crippen molar-refractivity contribution < 1.29 is 29.2 Å². The summed E-state index contributed by atoms with van der Waals surface area (Å²) >= 11 is 5.82. The Kier molecular flexibility index (Phi) is 16.4. The average molecular weight is 679 g/mol. The van der Waals surface area contributed by atoms with Crippen LogP contribution in [0.4, 0.5) is 11.6 Å². The van der Waals surface area contributed by atoms with E-state index in [4.69, 9.17) is 43.0 Å². The molecule has 4 atom stereocenters. The molecular formula is C32H51ClN8O6. The van der Waals surface area contributed by atoms with Crippen LogP contribution in [-0.2, 0) is 15.9 Å². The number of nitrogens with two attached hydrogens (primary N) is 3. The lowest BCUT2D eigenvalue weighted by molar-refractivity contribution is -0.249. The quantitative estimate of drug-likeness (QED) is 0.0718. The van der Waals surface area contributed by atoms with E-state index in [1.54, 1.807) is 6.92 Å². The van der Waals surface area contributed by atoms with Crippen LogP contribution in [0.25, 0.3) is 0 Å². The number of aliphatic hydroxyl groups excluding tert-OH is 2. The number of benzene rings is 1. The molecule has 0 aliphatic carbocycles. The first kappa shape index (κ1) is 38.2. The van der Waals surface area contributed by atoms with Gasteiger partial charge in [-0.3, -0.25) is 20.0 Å². The Morgan fingerprint density at radius 1 is 1.15 bits per heavy atom. The van der Waals surface area contributed by atoms with E-state index in [0.717, 1.165) is 50.8 Å². The maximum Gasteiger partial charge on any atom is 0.280 e. The van der Waals surface area contributed by atoms with Crippen molar-refractivity contribution in [3.8, 4) is 5.75 Å². The van der Waals surface area contributed by atoms with Gasteiger partial charge in [0, 0.05) is 26.1 Å². The molecule has 2 heterocycles. The number of nitrogen functional groups attached to an aromatic ring is 2. The first-order valence-electron chi connectivity index (χ1n) is 16.3. The molecule has 1 aromatic carbocycles. The van der Waals surface area contributed by atoms with Crippen LogP contribution in [0.1, 0.15) is 74.8 Å². The molecule has 1 aromatic heterocycles. The highest BCUT2D eigenvalue weighted by molar-refractivity contribution is 6.31. The minimum absolute atomic E-state index is 0.0542. The fourth-order valence-corrected chi connectivity index (χ4v) is 5.26. The summed E-state index contributed by atoms with van der Waals surface area (Å²) in [5.41, 5.74) is 18.1. The number of nitrogens with one attached hydrogen (secondary N) is 1. The molecule has 1 unspecified atom stereocenters. The Morgan fingerprint density at radius 2 is 1.91 bits per heavy atom. The van der Waals surface area contributed by atoms with Crippen LogP contribution in [0.2, 0.25) is 5.15 Å². The van der Waals surface area contributed by atoms with Gasteiger partial charge in [0.15, 0.2) is 34.7 Å². The number of unbranched alkanes of at least 4 members (excludes halogenated alkanes) is 4. The Labute approximate surface area is 282 Å². The summed E-state index contributed by atoms with van der Waals surface area (Å²) in [4.78, 5) is 26.4. The molecule has 47 heavy (non-hydrogen) atoms. The minimum Gasteiger partial charge on any atom is -0.492 e. The monoisotopic (exact) mass is 678 g/mol. The smallest absolute Gasteiger partial charge is 0.280 e. The summed E-state index contributed by atoms with van der Waals surface area (Å²) in [5, 5.41) is 23.3. The molecule has 1 amide bonds. The normalized spacial score (nSPS) is 19.1. The summed E-state index contributed by atoms with van der Waals surface area (Å²) in [6.07, 6.45) is 5.19. The molecule has 1 fully saturated rings. The Morgan fingerprint density at radius 3 is 2.66 bits per heavy atom. The second-order valence-electron chi connectivity index (χ2n) is 11.7. The molecule has 0 spiro atoms. The summed E-state index contributed by atoms with van der Waals surface area (Å²) < 4.78 is 17.0. The SMILES string of the molecule is CCCCCCN(CCOc1ccc(CCCCN=C(N)NC(=O)c2nc(Cl)c(N)nc2N)cc1)C[C@H](O)C[C@@H]1OC(C)OC[C@H]1O. The van der Waals surface area contributed by atoms with Gasteiger partial charge in [0.25, 0.3) is 5.91 Å². The van der Waals surface area contributed by atoms with Gasteiger partial charge in [-0.25, -0.2) is 9.97 Å². The maximum absolute atomic E-state index is 12.3. The van der Waals surface area contributed by atoms with E-state index >= 15 is 0 Å². The second kappa shape index (κ2) is 20.2. The Hall–Kier alpha value is -3.27. The first-order valence-corrected chi connectivity index (χ1v) is 16.7. The summed E-state index contributed by atoms with van der Waals surface area (Å²) in [5.74, 6) is -0.162. The number of hydrogen-bond acceptors (Lipinski definition) is 12. The zero-order valence-electron chi connectivity index (χ0n) is 27.4. The first-order chi connectivity index (χ1) is 22.5. The molecule has 3 rings (SSSR count). The van der Waals surface area contributed by atoms with Gasteiger partial charge in [0.05, 0.1) is 18.8 Å². The molecule has 9 N–H and O–H groups in total. The van der Waals surface area contributed by atoms with Gasteiger partial charge >= 0.3 is 0 Å². The Balaban J connectivity index is 1.37. The number of rotatable bonds is 19. The van der Waals surface area contributed by atoms with Crippen LogP contribution in [0.15, 0.2) is 29.3 Å². The van der Waals surface area contributed by atoms with Crippen molar-refractivity contribution in [2.24, 2.45) is 10.7 Å². The molecular weight excluding hydrogens is 628 g/mol. The summed E-state index contributed by atoms with van der Waals surface area (Å²) in [6, 6.07) is 8.01. The molecule has 0 radical (unpaired) electrons. The topological polar surface area (TPSA) is 217 Å². The van der Waals surface area contributed by atoms with Gasteiger partial charge in [-0.2, -0.15) is 0 Å². The number of carbonyl (C=O) groups is 1. The zero-order chi connectivity index (χ0) is 34.2. The van der Waals surface area contributed by atoms with Crippen molar-refractivity contribution in [2.75, 3.05) is 50.9 Å². The van der Waals surface area contributed by atoms with E-state index < -0.39 is 24.2 Å². The molecule has 0 saturated carbocycles. The van der Waals surface area contributed by atoms with E-state index in [-0.39, 0.29) is 41.3 Å². The van der Waals surface area contributed by atoms with Gasteiger partial charge < -0.3 is 41.6 Å². The molecule has 0 bridgehead atoms. The number of amides is 1. The van der Waals surface area contributed by atoms with Gasteiger partial charge in [0.2, 0.25) is 0 Å². The van der Waals surface area contributed by atoms with Crippen LogP contribution < -0.4 is 27.3 Å². The lowest BCUT2D eigenvalue weighted by Crippen LogP contribution is -2.46. The van der Waals surface area contributed by atoms with Gasteiger partial charge in [-0.1, -0.05) is 49.9 Å². The van der Waals surface area contributed by atoms with Crippen LogP contribution in [0.5, 0.6) is 5.75 Å². The van der Waals surface area contributed by atoms with Crippen molar-refractivity contribution in [2.45, 2.75) is 89.8 Å². The number of ether oxygens (including phenoxy) is 3. The van der Waals surface area contributed by atoms with Crippen molar-refractivity contribution in [1.82, 2.24) is 20.2 Å². The van der Waals surface area contributed by atoms with Gasteiger partial charge in [-0.15, -0.1) is 0 Å². The number of carbonyl (C=O) groups excluding carboxylic acids is 1. The number of halogens is 1. The van der Waals surface area contributed by atoms with E-state index in [1.165, 1.54) is 12.0 Å². The van der Waals surface area contributed by atoms with Crippen molar-refractivity contribution in [3.05, 3.63) is 40.7 Å². The third-order valence-corrected chi connectivity index (χ3v) is 7.99. The third-order valence-electron chi connectivity index (χ3n) is 7.72. The number of aryl methyl sites for hydroxylation is 1. The molecule has 15 heteroatoms. The van der Waals surface area contributed by atoms with Crippen LogP contribution >= 0.6 is 11.6 Å². The number of anilines is 2. The van der Waals surface area contributed by atoms with Gasteiger partial charge in [-0.05, 0) is 56.8 Å². The van der Waals surface area contributed by atoms with Crippen molar-refractivity contribution in [1.29, 1.82) is 0 Å². The van der Waals surface area contributed by atoms with Crippen LogP contribution in [-0.4, -0.2) is 101 Å². The number of nitrogens with zero attached hydrogens (tertiary/aromatic N) is 4. The highest BCUT2D eigenvalue weighted by Crippen LogP contribution is 2.19. The predicted molar refractivity (Wildman–Crippen MR) is 182 cm³/mol. The lowest BCUT2D eigenvalue weighted by atomic mass is 10.1. The fraction of sp³-hybridized carbons (Fsp3) is 0.625. The van der Waals surface area contributed by atoms with Crippen LogP contribution in [0, 0.1) is 0 Å². The Bertz CT molecular complexity index is 1270. The fourth-order valence-electron chi connectivity index (χ4n) is 5.14. The molecule has 1 aliphatic heterocycles. The number of aromatic nitrogens is 2. The maximum atomic E-state index is 12.3. The van der Waals surface area contributed by atoms with E-state index in [2.05, 4.69) is 32.1 Å². The summed E-state index contributed by atoms with van der Waals surface area (Å²) in [6.45, 7) is 7.16. The number of aliphatic imine (C=N–C) groups is 1. The largest absolute Gasteiger partial charge is 0.492 e. The van der Waals surface area contributed by atoms with E-state index in [0.29, 0.717) is 32.7 Å². The number of aliphatic hydroxyl groups is 2. The lowest BCUT2D eigenvalue weighted by Gasteiger charge is -2.34. The predicted octanol–water partition coefficient (Wildman–Crippen LogP) is 2.50. The molecule has 1 aliphatic rings. The van der Waals surface area contributed by atoms with Crippen molar-refractivity contribution >= 4 is 35.1 Å². The zero-order valence-corrected chi connectivity index (χ0v) is 28.2. The highest BCUT2D eigenvalue weighted by Gasteiger charge is 2.30. The standard InChI is InChI=1S/C32H51ClN8O6/c1-3-4-5-8-15-41(19-23(42)18-26-25(43)20-46-21(2)47-26)16-17-45-24-12-10-22(11-13-24)9-6-7-14-37-32(36)40-31(44)27-29(34)39-30(35)28(33)38-27/h10-13,21,23,25-26,42-43H,3-9,14-20H2,1-2H3,(H4,34,35,39)(H3,36,37,40,44)/t21?,23-,25-,26+/m1/s1. The average Bonchev–Trinajstić information content (AvgIpc) is 3.03. The molecule has 14 nitrogen and oxygen atoms in total. The van der Waals surface area contributed by atoms with Crippen LogP contribution in [0.3, 0.4) is 0 Å². The highest BCUT2D eigenvalue weighted by atomic mass is 35.5. The second-order valence-corrected chi connectivity index (χ2v) is 12.1. The third kappa shape index (κ3) is 13.8. The summed E-state index contributed by atoms with van der Waals surface area (Å²) in [7, 11) is 0. The number of guanidine groups is 1. The molecule has 262 valence electrons. The molecule has 1 saturated heterocycles.